The SMILES string of the molecule is CCNc1c(C(C)C)c(C)nc2c(F)cc(C)c(F)c12. The number of halogens is 2. The lowest BCUT2D eigenvalue weighted by molar-refractivity contribution is 0.607. The number of aromatic nitrogens is 1. The van der Waals surface area contributed by atoms with Gasteiger partial charge < -0.3 is 5.32 Å². The second-order valence-electron chi connectivity index (χ2n) is 5.38. The molecule has 1 N–H and O–H groups in total. The van der Waals surface area contributed by atoms with Crippen molar-refractivity contribution in [3.63, 3.8) is 0 Å². The summed E-state index contributed by atoms with van der Waals surface area (Å²) in [6, 6.07) is 1.20. The summed E-state index contributed by atoms with van der Waals surface area (Å²) in [5.41, 5.74) is 2.76. The van der Waals surface area contributed by atoms with Crippen molar-refractivity contribution in [1.82, 2.24) is 4.98 Å². The van der Waals surface area contributed by atoms with Crippen molar-refractivity contribution in [3.8, 4) is 0 Å². The summed E-state index contributed by atoms with van der Waals surface area (Å²) in [6.07, 6.45) is 0. The molecule has 2 aromatic rings. The van der Waals surface area contributed by atoms with Gasteiger partial charge in [0, 0.05) is 12.2 Å². The highest BCUT2D eigenvalue weighted by molar-refractivity contribution is 5.95. The van der Waals surface area contributed by atoms with Gasteiger partial charge in [0.25, 0.3) is 0 Å². The standard InChI is InChI=1S/C16H20F2N2/c1-6-19-16-12(8(2)3)10(5)20-15-11(17)7-9(4)14(18)13(15)16/h7-8H,6H2,1-5H3,(H,19,20). The molecule has 1 aromatic heterocycles. The summed E-state index contributed by atoms with van der Waals surface area (Å²) in [4.78, 5) is 4.29. The number of nitrogens with one attached hydrogen (secondary N) is 1. The number of rotatable bonds is 3. The molecule has 0 aliphatic rings. The first-order valence-corrected chi connectivity index (χ1v) is 6.91. The zero-order valence-electron chi connectivity index (χ0n) is 12.6. The molecule has 0 aliphatic carbocycles. The fourth-order valence-electron chi connectivity index (χ4n) is 2.69. The number of pyridine rings is 1. The minimum atomic E-state index is -0.476. The molecule has 0 bridgehead atoms. The van der Waals surface area contributed by atoms with E-state index in [0.29, 0.717) is 17.8 Å². The molecule has 0 radical (unpaired) electrons. The second-order valence-corrected chi connectivity index (χ2v) is 5.38. The molecule has 0 amide bonds. The van der Waals surface area contributed by atoms with Crippen molar-refractivity contribution in [2.24, 2.45) is 0 Å². The van der Waals surface area contributed by atoms with E-state index in [1.807, 2.05) is 27.7 Å². The lowest BCUT2D eigenvalue weighted by Gasteiger charge is -2.20. The van der Waals surface area contributed by atoms with Gasteiger partial charge in [-0.2, -0.15) is 0 Å². The highest BCUT2D eigenvalue weighted by atomic mass is 19.1. The Labute approximate surface area is 118 Å². The molecule has 20 heavy (non-hydrogen) atoms. The highest BCUT2D eigenvalue weighted by Gasteiger charge is 2.21. The molecule has 2 nitrogen and oxygen atoms in total. The number of anilines is 1. The van der Waals surface area contributed by atoms with Crippen LogP contribution in [0.15, 0.2) is 6.07 Å². The van der Waals surface area contributed by atoms with E-state index >= 15 is 0 Å². The molecule has 2 rings (SSSR count). The molecule has 0 fully saturated rings. The Hall–Kier alpha value is -1.71. The van der Waals surface area contributed by atoms with E-state index in [2.05, 4.69) is 10.3 Å². The third kappa shape index (κ3) is 2.23. The van der Waals surface area contributed by atoms with Gasteiger partial charge in [0.2, 0.25) is 0 Å². The molecule has 0 aliphatic heterocycles. The van der Waals surface area contributed by atoms with Crippen molar-refractivity contribution in [3.05, 3.63) is 34.5 Å². The van der Waals surface area contributed by atoms with E-state index in [1.54, 1.807) is 6.92 Å². The highest BCUT2D eigenvalue weighted by Crippen LogP contribution is 2.36. The first-order chi connectivity index (χ1) is 9.38. The van der Waals surface area contributed by atoms with Gasteiger partial charge in [0.05, 0.1) is 11.1 Å². The predicted molar refractivity (Wildman–Crippen MR) is 79.4 cm³/mol. The van der Waals surface area contributed by atoms with Crippen LogP contribution >= 0.6 is 0 Å². The van der Waals surface area contributed by atoms with Crippen molar-refractivity contribution in [2.75, 3.05) is 11.9 Å². The number of benzene rings is 1. The Morgan fingerprint density at radius 3 is 2.45 bits per heavy atom. The van der Waals surface area contributed by atoms with Crippen LogP contribution in [0.25, 0.3) is 10.9 Å². The summed E-state index contributed by atoms with van der Waals surface area (Å²) >= 11 is 0. The maximum Gasteiger partial charge on any atom is 0.149 e. The fraction of sp³-hybridized carbons (Fsp3) is 0.438. The molecule has 1 heterocycles. The van der Waals surface area contributed by atoms with Crippen LogP contribution in [0.3, 0.4) is 0 Å². The lowest BCUT2D eigenvalue weighted by atomic mass is 9.95. The molecule has 0 saturated heterocycles. The van der Waals surface area contributed by atoms with Gasteiger partial charge in [0.15, 0.2) is 0 Å². The summed E-state index contributed by atoms with van der Waals surface area (Å²) in [6.45, 7) is 10.1. The average molecular weight is 278 g/mol. The summed E-state index contributed by atoms with van der Waals surface area (Å²) in [7, 11) is 0. The van der Waals surface area contributed by atoms with Gasteiger partial charge in [-0.15, -0.1) is 0 Å². The summed E-state index contributed by atoms with van der Waals surface area (Å²) in [5.74, 6) is -0.688. The lowest BCUT2D eigenvalue weighted by Crippen LogP contribution is -2.09. The zero-order chi connectivity index (χ0) is 15.0. The van der Waals surface area contributed by atoms with Gasteiger partial charge in [-0.3, -0.25) is 0 Å². The second kappa shape index (κ2) is 5.35. The number of hydrogen-bond acceptors (Lipinski definition) is 2. The number of fused-ring (bicyclic) bond motifs is 1. The smallest absolute Gasteiger partial charge is 0.149 e. The van der Waals surface area contributed by atoms with Crippen LogP contribution in [0.4, 0.5) is 14.5 Å². The number of hydrogen-bond donors (Lipinski definition) is 1. The molecule has 1 aromatic carbocycles. The van der Waals surface area contributed by atoms with Crippen LogP contribution in [0.5, 0.6) is 0 Å². The largest absolute Gasteiger partial charge is 0.384 e. The monoisotopic (exact) mass is 278 g/mol. The van der Waals surface area contributed by atoms with E-state index in [4.69, 9.17) is 0 Å². The topological polar surface area (TPSA) is 24.9 Å². The van der Waals surface area contributed by atoms with Gasteiger partial charge in [0.1, 0.15) is 17.2 Å². The predicted octanol–water partition coefficient (Wildman–Crippen LogP) is 4.69. The van der Waals surface area contributed by atoms with E-state index in [-0.39, 0.29) is 16.8 Å². The third-order valence-corrected chi connectivity index (χ3v) is 3.49. The quantitative estimate of drug-likeness (QED) is 0.881. The molecule has 4 heteroatoms. The van der Waals surface area contributed by atoms with Crippen LogP contribution < -0.4 is 5.32 Å². The van der Waals surface area contributed by atoms with Gasteiger partial charge in [-0.1, -0.05) is 13.8 Å². The minimum absolute atomic E-state index is 0.103. The van der Waals surface area contributed by atoms with Crippen LogP contribution in [0.2, 0.25) is 0 Å². The maximum atomic E-state index is 14.5. The maximum absolute atomic E-state index is 14.5. The Morgan fingerprint density at radius 1 is 1.25 bits per heavy atom. The van der Waals surface area contributed by atoms with Crippen LogP contribution in [-0.2, 0) is 0 Å². The van der Waals surface area contributed by atoms with Crippen molar-refractivity contribution in [2.45, 2.75) is 40.5 Å². The van der Waals surface area contributed by atoms with Crippen LogP contribution in [0.1, 0.15) is 43.5 Å². The van der Waals surface area contributed by atoms with E-state index in [9.17, 15) is 8.78 Å². The first-order valence-electron chi connectivity index (χ1n) is 6.91. The molecule has 0 saturated carbocycles. The molecule has 108 valence electrons. The van der Waals surface area contributed by atoms with Crippen molar-refractivity contribution < 1.29 is 8.78 Å². The Morgan fingerprint density at radius 2 is 1.90 bits per heavy atom. The average Bonchev–Trinajstić information content (AvgIpc) is 2.35. The Bertz CT molecular complexity index is 664. The third-order valence-electron chi connectivity index (χ3n) is 3.49. The van der Waals surface area contributed by atoms with Gasteiger partial charge in [-0.25, -0.2) is 13.8 Å². The van der Waals surface area contributed by atoms with Crippen molar-refractivity contribution >= 4 is 16.6 Å². The number of nitrogens with zero attached hydrogens (tertiary/aromatic N) is 1. The van der Waals surface area contributed by atoms with Crippen molar-refractivity contribution in [1.29, 1.82) is 0 Å². The first kappa shape index (κ1) is 14.7. The molecular formula is C16H20F2N2. The van der Waals surface area contributed by atoms with Crippen LogP contribution in [-0.4, -0.2) is 11.5 Å². The number of aryl methyl sites for hydroxylation is 2. The molecule has 0 atom stereocenters. The normalized spacial score (nSPS) is 11.4. The van der Waals surface area contributed by atoms with Gasteiger partial charge >= 0.3 is 0 Å². The van der Waals surface area contributed by atoms with E-state index < -0.39 is 11.6 Å². The molecular weight excluding hydrogens is 258 g/mol. The molecule has 0 unspecified atom stereocenters. The molecule has 0 spiro atoms. The Kier molecular flexibility index (Phi) is 3.93. The summed E-state index contributed by atoms with van der Waals surface area (Å²) < 4.78 is 28.6. The van der Waals surface area contributed by atoms with Crippen LogP contribution in [0, 0.1) is 25.5 Å². The van der Waals surface area contributed by atoms with E-state index in [1.165, 1.54) is 6.07 Å². The fourth-order valence-corrected chi connectivity index (χ4v) is 2.69. The zero-order valence-corrected chi connectivity index (χ0v) is 12.6. The van der Waals surface area contributed by atoms with E-state index in [0.717, 1.165) is 11.3 Å². The van der Waals surface area contributed by atoms with Gasteiger partial charge in [-0.05, 0) is 43.9 Å². The minimum Gasteiger partial charge on any atom is -0.384 e. The summed E-state index contributed by atoms with van der Waals surface area (Å²) in [5, 5.41) is 3.45. The Balaban J connectivity index is 2.99.